The molecule has 0 aromatic heterocycles. The van der Waals surface area contributed by atoms with Gasteiger partial charge < -0.3 is 16.0 Å². The number of nitrogens with two attached hydrogens (primary N) is 1. The summed E-state index contributed by atoms with van der Waals surface area (Å²) in [6, 6.07) is 6.02. The lowest BCUT2D eigenvalue weighted by atomic mass is 9.92. The van der Waals surface area contributed by atoms with Crippen molar-refractivity contribution in [3.8, 4) is 0 Å². The van der Waals surface area contributed by atoms with Crippen LogP contribution in [0.15, 0.2) is 18.2 Å². The maximum Gasteiger partial charge on any atom is 0.217 e. The second-order valence-corrected chi connectivity index (χ2v) is 5.79. The summed E-state index contributed by atoms with van der Waals surface area (Å²) in [5, 5.41) is 3.98. The summed E-state index contributed by atoms with van der Waals surface area (Å²) >= 11 is 6.38. The maximum absolute atomic E-state index is 11.0. The zero-order valence-electron chi connectivity index (χ0n) is 11.9. The van der Waals surface area contributed by atoms with Gasteiger partial charge in [0.15, 0.2) is 0 Å². The number of nitrogens with one attached hydrogen (secondary N) is 1. The molecular weight excluding hydrogens is 274 g/mol. The molecule has 1 aromatic carbocycles. The SMILES string of the molecule is CNCc1cccc(Cl)c1N1CCC(CC(N)=O)CC1. The Morgan fingerprint density at radius 1 is 1.45 bits per heavy atom. The molecule has 0 unspecified atom stereocenters. The molecule has 0 spiro atoms. The Bertz CT molecular complexity index is 470. The first kappa shape index (κ1) is 15.1. The third kappa shape index (κ3) is 3.64. The van der Waals surface area contributed by atoms with Crippen LogP contribution >= 0.6 is 11.6 Å². The largest absolute Gasteiger partial charge is 0.370 e. The van der Waals surface area contributed by atoms with Crippen LogP contribution in [-0.2, 0) is 11.3 Å². The molecule has 1 aliphatic rings. The predicted molar refractivity (Wildman–Crippen MR) is 83.0 cm³/mol. The van der Waals surface area contributed by atoms with Crippen molar-refractivity contribution in [1.29, 1.82) is 0 Å². The highest BCUT2D eigenvalue weighted by atomic mass is 35.5. The van der Waals surface area contributed by atoms with E-state index in [0.29, 0.717) is 12.3 Å². The number of rotatable bonds is 5. The number of para-hydroxylation sites is 1. The summed E-state index contributed by atoms with van der Waals surface area (Å²) < 4.78 is 0. The molecule has 1 aliphatic heterocycles. The van der Waals surface area contributed by atoms with E-state index in [2.05, 4.69) is 16.3 Å². The second-order valence-electron chi connectivity index (χ2n) is 5.38. The summed E-state index contributed by atoms with van der Waals surface area (Å²) in [6.45, 7) is 2.66. The standard InChI is InChI=1S/C15H22ClN3O/c1-18-10-12-3-2-4-13(16)15(12)19-7-5-11(6-8-19)9-14(17)20/h2-4,11,18H,5-10H2,1H3,(H2,17,20). The van der Waals surface area contributed by atoms with E-state index in [-0.39, 0.29) is 5.91 Å². The van der Waals surface area contributed by atoms with Crippen molar-refractivity contribution < 1.29 is 4.79 Å². The zero-order chi connectivity index (χ0) is 14.5. The number of nitrogens with zero attached hydrogens (tertiary/aromatic N) is 1. The van der Waals surface area contributed by atoms with Crippen molar-refractivity contribution in [2.45, 2.75) is 25.8 Å². The Hall–Kier alpha value is -1.26. The average molecular weight is 296 g/mol. The number of primary amides is 1. The normalized spacial score (nSPS) is 16.4. The van der Waals surface area contributed by atoms with Crippen LogP contribution in [0, 0.1) is 5.92 Å². The molecule has 0 atom stereocenters. The van der Waals surface area contributed by atoms with Crippen LogP contribution in [0.1, 0.15) is 24.8 Å². The third-order valence-corrected chi connectivity index (χ3v) is 4.16. The highest BCUT2D eigenvalue weighted by Crippen LogP contribution is 2.33. The highest BCUT2D eigenvalue weighted by molar-refractivity contribution is 6.33. The molecule has 1 aromatic rings. The molecular formula is C15H22ClN3O. The molecule has 1 fully saturated rings. The molecule has 1 saturated heterocycles. The summed E-state index contributed by atoms with van der Waals surface area (Å²) in [5.74, 6) is 0.219. The molecule has 2 rings (SSSR count). The van der Waals surface area contributed by atoms with Crippen LogP contribution in [0.3, 0.4) is 0 Å². The van der Waals surface area contributed by atoms with Gasteiger partial charge >= 0.3 is 0 Å². The van der Waals surface area contributed by atoms with Gasteiger partial charge in [0.25, 0.3) is 0 Å². The van der Waals surface area contributed by atoms with E-state index in [9.17, 15) is 4.79 Å². The molecule has 1 amide bonds. The van der Waals surface area contributed by atoms with Gasteiger partial charge in [-0.1, -0.05) is 23.7 Å². The van der Waals surface area contributed by atoms with E-state index in [0.717, 1.165) is 43.2 Å². The van der Waals surface area contributed by atoms with E-state index in [4.69, 9.17) is 17.3 Å². The first-order chi connectivity index (χ1) is 9.61. The monoisotopic (exact) mass is 295 g/mol. The van der Waals surface area contributed by atoms with E-state index < -0.39 is 0 Å². The van der Waals surface area contributed by atoms with Crippen molar-refractivity contribution in [1.82, 2.24) is 5.32 Å². The molecule has 0 radical (unpaired) electrons. The molecule has 0 saturated carbocycles. The van der Waals surface area contributed by atoms with Crippen molar-refractivity contribution in [3.63, 3.8) is 0 Å². The topological polar surface area (TPSA) is 58.4 Å². The van der Waals surface area contributed by atoms with Gasteiger partial charge in [0, 0.05) is 26.1 Å². The molecule has 5 heteroatoms. The van der Waals surface area contributed by atoms with Crippen molar-refractivity contribution in [2.75, 3.05) is 25.0 Å². The molecule has 4 nitrogen and oxygen atoms in total. The van der Waals surface area contributed by atoms with Crippen molar-refractivity contribution >= 4 is 23.2 Å². The molecule has 3 N–H and O–H groups in total. The van der Waals surface area contributed by atoms with E-state index in [1.807, 2.05) is 19.2 Å². The Balaban J connectivity index is 2.08. The van der Waals surface area contributed by atoms with Gasteiger partial charge in [-0.15, -0.1) is 0 Å². The van der Waals surface area contributed by atoms with E-state index in [1.165, 1.54) is 5.56 Å². The first-order valence-corrected chi connectivity index (χ1v) is 7.45. The third-order valence-electron chi connectivity index (χ3n) is 3.86. The number of anilines is 1. The van der Waals surface area contributed by atoms with Gasteiger partial charge in [0.2, 0.25) is 5.91 Å². The lowest BCUT2D eigenvalue weighted by molar-refractivity contribution is -0.119. The number of carbonyl (C=O) groups excluding carboxylic acids is 1. The molecule has 0 aliphatic carbocycles. The first-order valence-electron chi connectivity index (χ1n) is 7.07. The van der Waals surface area contributed by atoms with Crippen LogP contribution in [0.25, 0.3) is 0 Å². The zero-order valence-corrected chi connectivity index (χ0v) is 12.6. The maximum atomic E-state index is 11.0. The Kier molecular flexibility index (Phi) is 5.26. The second kappa shape index (κ2) is 6.95. The van der Waals surface area contributed by atoms with Gasteiger partial charge in [-0.2, -0.15) is 0 Å². The van der Waals surface area contributed by atoms with Crippen molar-refractivity contribution in [3.05, 3.63) is 28.8 Å². The quantitative estimate of drug-likeness (QED) is 0.875. The van der Waals surface area contributed by atoms with Crippen LogP contribution in [0.4, 0.5) is 5.69 Å². The lowest BCUT2D eigenvalue weighted by Gasteiger charge is -2.35. The van der Waals surface area contributed by atoms with Gasteiger partial charge in [0.05, 0.1) is 10.7 Å². The fourth-order valence-electron chi connectivity index (χ4n) is 2.89. The van der Waals surface area contributed by atoms with Crippen LogP contribution in [-0.4, -0.2) is 26.0 Å². The minimum Gasteiger partial charge on any atom is -0.370 e. The number of piperidine rings is 1. The summed E-state index contributed by atoms with van der Waals surface area (Å²) in [5.41, 5.74) is 7.62. The minimum absolute atomic E-state index is 0.197. The minimum atomic E-state index is -0.197. The van der Waals surface area contributed by atoms with Crippen LogP contribution in [0.5, 0.6) is 0 Å². The van der Waals surface area contributed by atoms with Gasteiger partial charge in [-0.05, 0) is 37.4 Å². The fraction of sp³-hybridized carbons (Fsp3) is 0.533. The predicted octanol–water partition coefficient (Wildman–Crippen LogP) is 2.15. The summed E-state index contributed by atoms with van der Waals surface area (Å²) in [7, 11) is 1.93. The Morgan fingerprint density at radius 3 is 2.75 bits per heavy atom. The number of carbonyl (C=O) groups is 1. The molecule has 20 heavy (non-hydrogen) atoms. The van der Waals surface area contributed by atoms with E-state index in [1.54, 1.807) is 0 Å². The van der Waals surface area contributed by atoms with Gasteiger partial charge in [0.1, 0.15) is 0 Å². The number of halogens is 1. The molecule has 1 heterocycles. The van der Waals surface area contributed by atoms with Gasteiger partial charge in [-0.3, -0.25) is 4.79 Å². The van der Waals surface area contributed by atoms with E-state index >= 15 is 0 Å². The van der Waals surface area contributed by atoms with Crippen molar-refractivity contribution in [2.24, 2.45) is 11.7 Å². The number of amides is 1. The fourth-order valence-corrected chi connectivity index (χ4v) is 3.21. The number of hydrogen-bond acceptors (Lipinski definition) is 3. The van der Waals surface area contributed by atoms with Crippen LogP contribution < -0.4 is 16.0 Å². The summed E-state index contributed by atoms with van der Waals surface area (Å²) in [6.07, 6.45) is 2.49. The van der Waals surface area contributed by atoms with Crippen LogP contribution in [0.2, 0.25) is 5.02 Å². The number of benzene rings is 1. The number of hydrogen-bond donors (Lipinski definition) is 2. The Morgan fingerprint density at radius 2 is 2.15 bits per heavy atom. The Labute approximate surface area is 125 Å². The highest BCUT2D eigenvalue weighted by Gasteiger charge is 2.23. The molecule has 0 bridgehead atoms. The smallest absolute Gasteiger partial charge is 0.217 e. The molecule has 110 valence electrons. The van der Waals surface area contributed by atoms with Gasteiger partial charge in [-0.25, -0.2) is 0 Å². The summed E-state index contributed by atoms with van der Waals surface area (Å²) in [4.78, 5) is 13.3. The average Bonchev–Trinajstić information content (AvgIpc) is 2.40. The lowest BCUT2D eigenvalue weighted by Crippen LogP contribution is -2.36.